The fourth-order valence-corrected chi connectivity index (χ4v) is 4.01. The lowest BCUT2D eigenvalue weighted by atomic mass is 10.1. The molecule has 2 aliphatic heterocycles. The fraction of sp³-hybridized carbons (Fsp3) is 0.682. The Morgan fingerprint density at radius 2 is 1.90 bits per heavy atom. The van der Waals surface area contributed by atoms with Crippen molar-refractivity contribution in [2.75, 3.05) is 31.6 Å². The van der Waals surface area contributed by atoms with E-state index in [0.717, 1.165) is 38.8 Å². The van der Waals surface area contributed by atoms with E-state index < -0.39 is 23.6 Å². The van der Waals surface area contributed by atoms with E-state index >= 15 is 0 Å². The van der Waals surface area contributed by atoms with Gasteiger partial charge in [0.15, 0.2) is 11.6 Å². The lowest BCUT2D eigenvalue weighted by Gasteiger charge is -2.29. The highest BCUT2D eigenvalue weighted by atomic mass is 19.1. The second-order valence-corrected chi connectivity index (χ2v) is 9.06. The number of amides is 2. The van der Waals surface area contributed by atoms with Gasteiger partial charge in [0.2, 0.25) is 11.8 Å². The molecule has 2 fully saturated rings. The minimum Gasteiger partial charge on any atom is -0.481 e. The summed E-state index contributed by atoms with van der Waals surface area (Å²) in [6, 6.07) is 0.766. The SMILES string of the molecule is COc1nc(N2CCCCC2)c(F)cc1CNC(=O)[C@@H]1CCCN1C(=O)OC(C)(C)C. The van der Waals surface area contributed by atoms with Gasteiger partial charge in [-0.2, -0.15) is 4.98 Å². The smallest absolute Gasteiger partial charge is 0.410 e. The summed E-state index contributed by atoms with van der Waals surface area (Å²) in [6.45, 7) is 7.44. The molecule has 0 bridgehead atoms. The van der Waals surface area contributed by atoms with E-state index in [4.69, 9.17) is 9.47 Å². The first kappa shape index (κ1) is 23.1. The van der Waals surface area contributed by atoms with Crippen LogP contribution in [0.5, 0.6) is 5.88 Å². The number of anilines is 1. The van der Waals surface area contributed by atoms with Gasteiger partial charge in [-0.25, -0.2) is 9.18 Å². The number of nitrogens with one attached hydrogen (secondary N) is 1. The molecule has 0 aliphatic carbocycles. The zero-order valence-electron chi connectivity index (χ0n) is 18.9. The van der Waals surface area contributed by atoms with Crippen LogP contribution in [0.25, 0.3) is 0 Å². The van der Waals surface area contributed by atoms with Crippen molar-refractivity contribution in [3.05, 3.63) is 17.4 Å². The Kier molecular flexibility index (Phi) is 7.23. The summed E-state index contributed by atoms with van der Waals surface area (Å²) in [4.78, 5) is 32.9. The maximum Gasteiger partial charge on any atom is 0.410 e. The Morgan fingerprint density at radius 3 is 2.55 bits per heavy atom. The van der Waals surface area contributed by atoms with Crippen LogP contribution in [0, 0.1) is 5.82 Å². The average molecular weight is 437 g/mol. The lowest BCUT2D eigenvalue weighted by Crippen LogP contribution is -2.47. The van der Waals surface area contributed by atoms with Crippen molar-refractivity contribution in [3.8, 4) is 5.88 Å². The summed E-state index contributed by atoms with van der Waals surface area (Å²) in [5.74, 6) is -0.148. The number of piperidine rings is 1. The number of hydrogen-bond donors (Lipinski definition) is 1. The molecule has 1 atom stereocenters. The third kappa shape index (κ3) is 5.77. The van der Waals surface area contributed by atoms with Crippen LogP contribution in [0.3, 0.4) is 0 Å². The van der Waals surface area contributed by atoms with Crippen molar-refractivity contribution >= 4 is 17.8 Å². The Bertz CT molecular complexity index is 805. The molecule has 0 radical (unpaired) electrons. The maximum atomic E-state index is 14.8. The standard InChI is InChI=1S/C22H33FN4O4/c1-22(2,3)31-21(29)27-12-8-9-17(27)19(28)24-14-15-13-16(23)18(25-20(15)30-4)26-10-6-5-7-11-26/h13,17H,5-12,14H2,1-4H3,(H,24,28)/t17-/m0/s1. The van der Waals surface area contributed by atoms with Gasteiger partial charge in [-0.15, -0.1) is 0 Å². The molecule has 1 aromatic heterocycles. The first-order chi connectivity index (χ1) is 14.7. The van der Waals surface area contributed by atoms with Crippen molar-refractivity contribution < 1.29 is 23.5 Å². The van der Waals surface area contributed by atoms with E-state index in [9.17, 15) is 14.0 Å². The third-order valence-corrected chi connectivity index (χ3v) is 5.48. The van der Waals surface area contributed by atoms with E-state index in [2.05, 4.69) is 10.3 Å². The normalized spacial score (nSPS) is 19.3. The summed E-state index contributed by atoms with van der Waals surface area (Å²) in [6.07, 6.45) is 3.94. The summed E-state index contributed by atoms with van der Waals surface area (Å²) in [5.41, 5.74) is -0.177. The minimum absolute atomic E-state index is 0.0604. The first-order valence-corrected chi connectivity index (χ1v) is 11.0. The number of nitrogens with zero attached hydrogens (tertiary/aromatic N) is 3. The molecule has 1 N–H and O–H groups in total. The Hall–Kier alpha value is -2.58. The predicted molar refractivity (Wildman–Crippen MR) is 115 cm³/mol. The minimum atomic E-state index is -0.632. The van der Waals surface area contributed by atoms with Crippen LogP contribution in [0.4, 0.5) is 15.0 Å². The fourth-order valence-electron chi connectivity index (χ4n) is 4.01. The number of carbonyl (C=O) groups excluding carboxylic acids is 2. The maximum absolute atomic E-state index is 14.8. The van der Waals surface area contributed by atoms with E-state index in [0.29, 0.717) is 24.3 Å². The Labute approximate surface area is 183 Å². The summed E-state index contributed by atoms with van der Waals surface area (Å²) < 4.78 is 25.5. The molecule has 8 nitrogen and oxygen atoms in total. The van der Waals surface area contributed by atoms with E-state index in [-0.39, 0.29) is 18.3 Å². The molecule has 1 aromatic rings. The second-order valence-electron chi connectivity index (χ2n) is 9.06. The molecule has 0 aromatic carbocycles. The number of likely N-dealkylation sites (tertiary alicyclic amines) is 1. The molecular formula is C22H33FN4O4. The van der Waals surface area contributed by atoms with Crippen LogP contribution in [0.2, 0.25) is 0 Å². The van der Waals surface area contributed by atoms with Gasteiger partial charge in [0.25, 0.3) is 0 Å². The van der Waals surface area contributed by atoms with E-state index in [1.807, 2.05) is 4.90 Å². The predicted octanol–water partition coefficient (Wildman–Crippen LogP) is 3.24. The van der Waals surface area contributed by atoms with Crippen LogP contribution in [0.1, 0.15) is 58.4 Å². The zero-order valence-corrected chi connectivity index (χ0v) is 18.9. The topological polar surface area (TPSA) is 84.0 Å². The van der Waals surface area contributed by atoms with Crippen LogP contribution >= 0.6 is 0 Å². The number of pyridine rings is 1. The molecule has 3 heterocycles. The highest BCUT2D eigenvalue weighted by molar-refractivity contribution is 5.86. The van der Waals surface area contributed by atoms with Crippen LogP contribution in [-0.4, -0.2) is 60.3 Å². The average Bonchev–Trinajstić information content (AvgIpc) is 3.22. The largest absolute Gasteiger partial charge is 0.481 e. The number of hydrogen-bond acceptors (Lipinski definition) is 6. The molecule has 2 saturated heterocycles. The number of halogens is 1. The number of carbonyl (C=O) groups is 2. The van der Waals surface area contributed by atoms with Gasteiger partial charge in [-0.1, -0.05) is 0 Å². The zero-order chi connectivity index (χ0) is 22.6. The quantitative estimate of drug-likeness (QED) is 0.763. The van der Waals surface area contributed by atoms with Crippen molar-refractivity contribution in [3.63, 3.8) is 0 Å². The van der Waals surface area contributed by atoms with Gasteiger partial charge < -0.3 is 19.7 Å². The lowest BCUT2D eigenvalue weighted by molar-refractivity contribution is -0.125. The van der Waals surface area contributed by atoms with Crippen LogP contribution in [0.15, 0.2) is 6.07 Å². The number of aromatic nitrogens is 1. The van der Waals surface area contributed by atoms with Crippen molar-refractivity contribution in [2.45, 2.75) is 71.1 Å². The molecular weight excluding hydrogens is 403 g/mol. The van der Waals surface area contributed by atoms with Crippen molar-refractivity contribution in [2.24, 2.45) is 0 Å². The Morgan fingerprint density at radius 1 is 1.19 bits per heavy atom. The van der Waals surface area contributed by atoms with Gasteiger partial charge in [0.1, 0.15) is 11.6 Å². The molecule has 0 saturated carbocycles. The second kappa shape index (κ2) is 9.70. The summed E-state index contributed by atoms with van der Waals surface area (Å²) in [7, 11) is 1.48. The first-order valence-electron chi connectivity index (χ1n) is 11.0. The van der Waals surface area contributed by atoms with Gasteiger partial charge in [-0.3, -0.25) is 9.69 Å². The third-order valence-electron chi connectivity index (χ3n) is 5.48. The van der Waals surface area contributed by atoms with Crippen LogP contribution < -0.4 is 15.0 Å². The Balaban J connectivity index is 1.66. The van der Waals surface area contributed by atoms with Gasteiger partial charge in [-0.05, 0) is 58.9 Å². The molecule has 0 spiro atoms. The van der Waals surface area contributed by atoms with E-state index in [1.54, 1.807) is 20.8 Å². The molecule has 172 valence electrons. The molecule has 2 amide bonds. The van der Waals surface area contributed by atoms with Gasteiger partial charge in [0.05, 0.1) is 7.11 Å². The van der Waals surface area contributed by atoms with Crippen molar-refractivity contribution in [1.82, 2.24) is 15.2 Å². The number of methoxy groups -OCH3 is 1. The summed E-state index contributed by atoms with van der Waals surface area (Å²) >= 11 is 0. The monoisotopic (exact) mass is 436 g/mol. The van der Waals surface area contributed by atoms with Gasteiger partial charge in [0, 0.05) is 31.7 Å². The molecule has 31 heavy (non-hydrogen) atoms. The molecule has 0 unspecified atom stereocenters. The number of ether oxygens (including phenoxy) is 2. The van der Waals surface area contributed by atoms with Crippen molar-refractivity contribution in [1.29, 1.82) is 0 Å². The summed E-state index contributed by atoms with van der Waals surface area (Å²) in [5, 5.41) is 2.80. The van der Waals surface area contributed by atoms with E-state index in [1.165, 1.54) is 18.1 Å². The molecule has 9 heteroatoms. The molecule has 2 aliphatic rings. The number of rotatable bonds is 5. The van der Waals surface area contributed by atoms with Gasteiger partial charge >= 0.3 is 6.09 Å². The molecule has 3 rings (SSSR count). The highest BCUT2D eigenvalue weighted by Gasteiger charge is 2.36. The van der Waals surface area contributed by atoms with Crippen LogP contribution in [-0.2, 0) is 16.1 Å². The highest BCUT2D eigenvalue weighted by Crippen LogP contribution is 2.27.